The smallest absolute Gasteiger partial charge is 0.273 e. The molecule has 1 aliphatic heterocycles. The Morgan fingerprint density at radius 3 is 2.46 bits per heavy atom. The highest BCUT2D eigenvalue weighted by atomic mass is 32.2. The molecule has 1 aliphatic rings. The summed E-state index contributed by atoms with van der Waals surface area (Å²) < 4.78 is 0.327. The lowest BCUT2D eigenvalue weighted by atomic mass is 10.1. The van der Waals surface area contributed by atoms with Crippen molar-refractivity contribution in [1.82, 2.24) is 10.4 Å². The first-order valence-electron chi connectivity index (χ1n) is 8.27. The normalized spacial score (nSPS) is 15.6. The van der Waals surface area contributed by atoms with Gasteiger partial charge in [-0.15, -0.1) is 0 Å². The Morgan fingerprint density at radius 1 is 1.12 bits per heavy atom. The van der Waals surface area contributed by atoms with Gasteiger partial charge in [0.05, 0.1) is 11.3 Å². The molecule has 3 rings (SSSR count). The molecule has 26 heavy (non-hydrogen) atoms. The van der Waals surface area contributed by atoms with E-state index in [0.29, 0.717) is 9.23 Å². The van der Waals surface area contributed by atoms with Crippen molar-refractivity contribution in [3.63, 3.8) is 0 Å². The van der Waals surface area contributed by atoms with Gasteiger partial charge in [-0.05, 0) is 41.4 Å². The molecule has 0 atom stereocenters. The fourth-order valence-corrected chi connectivity index (χ4v) is 3.69. The molecule has 4 nitrogen and oxygen atoms in total. The molecular weight excluding hydrogens is 364 g/mol. The fraction of sp³-hybridized carbons (Fsp3) is 0.150. The van der Waals surface area contributed by atoms with Crippen molar-refractivity contribution in [2.24, 2.45) is 0 Å². The van der Waals surface area contributed by atoms with Crippen LogP contribution >= 0.6 is 24.0 Å². The molecule has 0 radical (unpaired) electrons. The number of carbonyl (C=O) groups excluding carboxylic acids is 2. The van der Waals surface area contributed by atoms with E-state index in [-0.39, 0.29) is 18.2 Å². The van der Waals surface area contributed by atoms with Crippen LogP contribution < -0.4 is 5.43 Å². The van der Waals surface area contributed by atoms with Crippen LogP contribution in [0.15, 0.2) is 59.5 Å². The maximum absolute atomic E-state index is 12.6. The second-order valence-electron chi connectivity index (χ2n) is 5.81. The number of benzene rings is 2. The van der Waals surface area contributed by atoms with Gasteiger partial charge < -0.3 is 0 Å². The van der Waals surface area contributed by atoms with Crippen LogP contribution in [-0.2, 0) is 22.4 Å². The molecule has 0 saturated carbocycles. The Labute approximate surface area is 162 Å². The average Bonchev–Trinajstić information content (AvgIpc) is 2.90. The van der Waals surface area contributed by atoms with Crippen molar-refractivity contribution >= 4 is 46.2 Å². The van der Waals surface area contributed by atoms with E-state index < -0.39 is 0 Å². The van der Waals surface area contributed by atoms with Crippen molar-refractivity contribution in [2.75, 3.05) is 0 Å². The number of hydrogen-bond acceptors (Lipinski definition) is 4. The summed E-state index contributed by atoms with van der Waals surface area (Å²) in [5, 5.41) is 1.15. The topological polar surface area (TPSA) is 49.4 Å². The van der Waals surface area contributed by atoms with E-state index in [4.69, 9.17) is 12.2 Å². The highest BCUT2D eigenvalue weighted by molar-refractivity contribution is 8.26. The molecule has 0 aromatic heterocycles. The van der Waals surface area contributed by atoms with Gasteiger partial charge in [0.1, 0.15) is 0 Å². The van der Waals surface area contributed by atoms with Crippen LogP contribution in [0.4, 0.5) is 0 Å². The Hall–Kier alpha value is -2.44. The molecule has 1 fully saturated rings. The molecule has 0 bridgehead atoms. The SMILES string of the molecule is CCc1ccc(/C=C2\SC(=S)N(NC(=O)Cc3ccccc3)C2=O)cc1. The standard InChI is InChI=1S/C20H18N2O2S2/c1-2-14-8-10-16(11-9-14)12-17-19(24)22(20(25)26-17)21-18(23)13-15-6-4-3-5-7-15/h3-12H,2,13H2,1H3,(H,21,23)/b17-12-. The first-order chi connectivity index (χ1) is 12.6. The van der Waals surface area contributed by atoms with Gasteiger partial charge in [0, 0.05) is 0 Å². The van der Waals surface area contributed by atoms with E-state index in [1.54, 1.807) is 6.08 Å². The van der Waals surface area contributed by atoms with E-state index in [1.165, 1.54) is 17.3 Å². The number of nitrogens with zero attached hydrogens (tertiary/aromatic N) is 1. The zero-order valence-electron chi connectivity index (χ0n) is 14.3. The number of thiocarbonyl (C=S) groups is 1. The largest absolute Gasteiger partial charge is 0.285 e. The van der Waals surface area contributed by atoms with Crippen molar-refractivity contribution in [3.05, 3.63) is 76.2 Å². The summed E-state index contributed by atoms with van der Waals surface area (Å²) in [7, 11) is 0. The molecule has 2 amide bonds. The minimum Gasteiger partial charge on any atom is -0.273 e. The summed E-state index contributed by atoms with van der Waals surface area (Å²) >= 11 is 6.43. The molecule has 132 valence electrons. The molecule has 0 unspecified atom stereocenters. The number of amides is 2. The van der Waals surface area contributed by atoms with Gasteiger partial charge in [-0.1, -0.05) is 73.3 Å². The van der Waals surface area contributed by atoms with Crippen molar-refractivity contribution in [2.45, 2.75) is 19.8 Å². The maximum Gasteiger partial charge on any atom is 0.285 e. The van der Waals surface area contributed by atoms with Crippen LogP contribution in [0.25, 0.3) is 6.08 Å². The van der Waals surface area contributed by atoms with Crippen LogP contribution in [0.3, 0.4) is 0 Å². The predicted molar refractivity (Wildman–Crippen MR) is 109 cm³/mol. The van der Waals surface area contributed by atoms with Gasteiger partial charge >= 0.3 is 0 Å². The lowest BCUT2D eigenvalue weighted by molar-refractivity contribution is -0.132. The van der Waals surface area contributed by atoms with Crippen LogP contribution in [0, 0.1) is 0 Å². The third kappa shape index (κ3) is 4.39. The lowest BCUT2D eigenvalue weighted by Crippen LogP contribution is -2.45. The highest BCUT2D eigenvalue weighted by Gasteiger charge is 2.33. The number of rotatable bonds is 5. The zero-order chi connectivity index (χ0) is 18.5. The van der Waals surface area contributed by atoms with E-state index >= 15 is 0 Å². The Kier molecular flexibility index (Phi) is 5.85. The predicted octanol–water partition coefficient (Wildman–Crippen LogP) is 3.72. The highest BCUT2D eigenvalue weighted by Crippen LogP contribution is 2.31. The Balaban J connectivity index is 1.68. The average molecular weight is 383 g/mol. The third-order valence-corrected chi connectivity index (χ3v) is 5.23. The molecule has 2 aromatic rings. The zero-order valence-corrected chi connectivity index (χ0v) is 15.9. The van der Waals surface area contributed by atoms with E-state index in [2.05, 4.69) is 12.3 Å². The van der Waals surface area contributed by atoms with E-state index in [1.807, 2.05) is 54.6 Å². The third-order valence-electron chi connectivity index (χ3n) is 3.92. The van der Waals surface area contributed by atoms with Crippen molar-refractivity contribution < 1.29 is 9.59 Å². The van der Waals surface area contributed by atoms with E-state index in [9.17, 15) is 9.59 Å². The minimum absolute atomic E-state index is 0.190. The first-order valence-corrected chi connectivity index (χ1v) is 9.49. The van der Waals surface area contributed by atoms with Gasteiger partial charge in [-0.3, -0.25) is 15.0 Å². The van der Waals surface area contributed by atoms with Gasteiger partial charge in [-0.2, -0.15) is 5.01 Å². The molecule has 0 spiro atoms. The summed E-state index contributed by atoms with van der Waals surface area (Å²) in [5.41, 5.74) is 5.65. The fourth-order valence-electron chi connectivity index (χ4n) is 2.51. The van der Waals surface area contributed by atoms with Gasteiger partial charge in [-0.25, -0.2) is 0 Å². The molecule has 6 heteroatoms. The second kappa shape index (κ2) is 8.29. The quantitative estimate of drug-likeness (QED) is 0.632. The molecule has 2 aromatic carbocycles. The van der Waals surface area contributed by atoms with Crippen LogP contribution in [0.5, 0.6) is 0 Å². The van der Waals surface area contributed by atoms with E-state index in [0.717, 1.165) is 22.6 Å². The summed E-state index contributed by atoms with van der Waals surface area (Å²) in [5.74, 6) is -0.581. The number of carbonyl (C=O) groups is 2. The van der Waals surface area contributed by atoms with Crippen molar-refractivity contribution in [1.29, 1.82) is 0 Å². The van der Waals surface area contributed by atoms with Crippen LogP contribution in [0.2, 0.25) is 0 Å². The molecule has 0 aliphatic carbocycles. The summed E-state index contributed by atoms with van der Waals surface area (Å²) in [6.45, 7) is 2.10. The first kappa shape index (κ1) is 18.4. The number of aryl methyl sites for hydroxylation is 1. The Morgan fingerprint density at radius 2 is 1.81 bits per heavy atom. The molecule has 1 N–H and O–H groups in total. The van der Waals surface area contributed by atoms with Gasteiger partial charge in [0.25, 0.3) is 5.91 Å². The van der Waals surface area contributed by atoms with Gasteiger partial charge in [0.2, 0.25) is 5.91 Å². The monoisotopic (exact) mass is 382 g/mol. The summed E-state index contributed by atoms with van der Waals surface area (Å²) in [4.78, 5) is 25.3. The molecule has 1 heterocycles. The minimum atomic E-state index is -0.305. The number of hydrogen-bond donors (Lipinski definition) is 1. The maximum atomic E-state index is 12.6. The molecule has 1 saturated heterocycles. The van der Waals surface area contributed by atoms with Crippen molar-refractivity contribution in [3.8, 4) is 0 Å². The van der Waals surface area contributed by atoms with Crippen LogP contribution in [-0.4, -0.2) is 21.1 Å². The second-order valence-corrected chi connectivity index (χ2v) is 7.49. The number of thioether (sulfide) groups is 1. The number of nitrogens with one attached hydrogen (secondary N) is 1. The van der Waals surface area contributed by atoms with Gasteiger partial charge in [0.15, 0.2) is 4.32 Å². The summed E-state index contributed by atoms with van der Waals surface area (Å²) in [6.07, 6.45) is 2.95. The lowest BCUT2D eigenvalue weighted by Gasteiger charge is -2.15. The Bertz CT molecular complexity index is 861. The number of hydrazine groups is 1. The summed E-state index contributed by atoms with van der Waals surface area (Å²) in [6, 6.07) is 17.4. The van der Waals surface area contributed by atoms with Crippen LogP contribution in [0.1, 0.15) is 23.6 Å². The molecular formula is C20H18N2O2S2.